The fraction of sp³-hybridized carbons (Fsp3) is 0.208. The molecule has 9 heteroatoms. The highest BCUT2D eigenvalue weighted by atomic mass is 35.5. The van der Waals surface area contributed by atoms with Crippen LogP contribution in [-0.2, 0) is 34.0 Å². The highest BCUT2D eigenvalue weighted by Crippen LogP contribution is 2.39. The van der Waals surface area contributed by atoms with Crippen LogP contribution in [0.25, 0.3) is 11.1 Å². The van der Waals surface area contributed by atoms with E-state index in [1.807, 2.05) is 0 Å². The molecule has 0 spiro atoms. The minimum absolute atomic E-state index is 0.0456. The van der Waals surface area contributed by atoms with Gasteiger partial charge >= 0.3 is 5.97 Å². The predicted octanol–water partition coefficient (Wildman–Crippen LogP) is 4.85. The molecule has 0 fully saturated rings. The molecule has 1 aliphatic heterocycles. The molecule has 0 saturated carbocycles. The molecule has 170 valence electrons. The van der Waals surface area contributed by atoms with Crippen LogP contribution in [0.2, 0.25) is 5.02 Å². The normalized spacial score (nSPS) is 16.7. The number of carbonyl (C=O) groups excluding carboxylic acids is 1. The molecule has 0 atom stereocenters. The van der Waals surface area contributed by atoms with Crippen molar-refractivity contribution < 1.29 is 27.4 Å². The van der Waals surface area contributed by atoms with Gasteiger partial charge in [-0.1, -0.05) is 17.7 Å². The maximum atomic E-state index is 14.1. The summed E-state index contributed by atoms with van der Waals surface area (Å²) in [5.41, 5.74) is 4.49. The van der Waals surface area contributed by atoms with Crippen molar-refractivity contribution in [2.75, 3.05) is 11.3 Å². The van der Waals surface area contributed by atoms with E-state index >= 15 is 0 Å². The largest absolute Gasteiger partial charge is 0.505 e. The van der Waals surface area contributed by atoms with Crippen LogP contribution in [0, 0.1) is 5.82 Å². The van der Waals surface area contributed by atoms with Crippen molar-refractivity contribution in [3.05, 3.63) is 75.6 Å². The minimum atomic E-state index is -4.30. The van der Waals surface area contributed by atoms with Gasteiger partial charge in [0.05, 0.1) is 17.2 Å². The van der Waals surface area contributed by atoms with Crippen LogP contribution >= 0.6 is 11.6 Å². The number of ether oxygens (including phenoxy) is 1. The topological polar surface area (TPSA) is 92.7 Å². The molecule has 0 aromatic heterocycles. The minimum Gasteiger partial charge on any atom is -0.505 e. The molecule has 4 bridgehead atoms. The molecular formula is C24H19ClFNO5S. The monoisotopic (exact) mass is 487 g/mol. The Hall–Kier alpha value is -3.10. The van der Waals surface area contributed by atoms with Gasteiger partial charge in [0.15, 0.2) is 5.75 Å². The Morgan fingerprint density at radius 3 is 2.64 bits per heavy atom. The van der Waals surface area contributed by atoms with E-state index in [9.17, 15) is 22.7 Å². The lowest BCUT2D eigenvalue weighted by Gasteiger charge is -2.18. The Kier molecular flexibility index (Phi) is 5.29. The smallest absolute Gasteiger partial charge is 0.338 e. The lowest BCUT2D eigenvalue weighted by Crippen LogP contribution is -2.16. The Morgan fingerprint density at radius 1 is 1.00 bits per heavy atom. The Balaban J connectivity index is 1.75. The molecule has 5 rings (SSSR count). The first-order valence-electron chi connectivity index (χ1n) is 10.4. The van der Waals surface area contributed by atoms with Crippen molar-refractivity contribution in [3.8, 4) is 16.9 Å². The van der Waals surface area contributed by atoms with Gasteiger partial charge in [0.25, 0.3) is 10.0 Å². The van der Waals surface area contributed by atoms with Crippen molar-refractivity contribution in [1.29, 1.82) is 0 Å². The van der Waals surface area contributed by atoms with Gasteiger partial charge in [-0.25, -0.2) is 17.6 Å². The summed E-state index contributed by atoms with van der Waals surface area (Å²) in [7, 11) is -4.30. The number of nitrogens with one attached hydrogen (secondary N) is 1. The quantitative estimate of drug-likeness (QED) is 0.442. The summed E-state index contributed by atoms with van der Waals surface area (Å²) in [6.07, 6.45) is 2.80. The van der Waals surface area contributed by atoms with Crippen LogP contribution in [-0.4, -0.2) is 26.1 Å². The average molecular weight is 488 g/mol. The summed E-state index contributed by atoms with van der Waals surface area (Å²) in [5, 5.41) is 10.0. The Morgan fingerprint density at radius 2 is 1.82 bits per heavy atom. The number of phenolic OH excluding ortho intramolecular Hbond substituents is 1. The summed E-state index contributed by atoms with van der Waals surface area (Å²) in [6, 6.07) is 10.1. The second-order valence-corrected chi connectivity index (χ2v) is 10.2. The van der Waals surface area contributed by atoms with E-state index in [0.717, 1.165) is 53.6 Å². The molecule has 3 aromatic rings. The Bertz CT molecular complexity index is 1420. The first kappa shape index (κ1) is 21.7. The number of cyclic esters (lactones) is 1. The first-order chi connectivity index (χ1) is 15.7. The number of hydrogen-bond donors (Lipinski definition) is 2. The fourth-order valence-electron chi connectivity index (χ4n) is 4.48. The number of rotatable bonds is 0. The van der Waals surface area contributed by atoms with Crippen LogP contribution in [0.3, 0.4) is 0 Å². The van der Waals surface area contributed by atoms with Crippen LogP contribution in [0.15, 0.2) is 47.4 Å². The molecule has 6 nitrogen and oxygen atoms in total. The molecule has 2 N–H and O–H groups in total. The van der Waals surface area contributed by atoms with Crippen LogP contribution in [0.5, 0.6) is 5.75 Å². The summed E-state index contributed by atoms with van der Waals surface area (Å²) in [4.78, 5) is 12.0. The number of aromatic hydroxyl groups is 1. The van der Waals surface area contributed by atoms with Gasteiger partial charge in [-0.3, -0.25) is 4.72 Å². The number of esters is 1. The van der Waals surface area contributed by atoms with Gasteiger partial charge in [-0.2, -0.15) is 0 Å². The third-order valence-corrected chi connectivity index (χ3v) is 7.67. The van der Waals surface area contributed by atoms with Crippen molar-refractivity contribution in [1.82, 2.24) is 0 Å². The second kappa shape index (κ2) is 8.04. The highest BCUT2D eigenvalue weighted by molar-refractivity contribution is 7.92. The number of carbonyl (C=O) groups is 1. The maximum Gasteiger partial charge on any atom is 0.338 e. The molecule has 0 unspecified atom stereocenters. The van der Waals surface area contributed by atoms with Crippen LogP contribution in [0.1, 0.15) is 33.5 Å². The predicted molar refractivity (Wildman–Crippen MR) is 122 cm³/mol. The zero-order valence-corrected chi connectivity index (χ0v) is 18.9. The third-order valence-electron chi connectivity index (χ3n) is 5.98. The van der Waals surface area contributed by atoms with Crippen LogP contribution < -0.4 is 4.72 Å². The number of halogens is 2. The summed E-state index contributed by atoms with van der Waals surface area (Å²) < 4.78 is 48.3. The molecular weight excluding hydrogens is 469 g/mol. The van der Waals surface area contributed by atoms with Crippen LogP contribution in [0.4, 0.5) is 10.1 Å². The number of aryl methyl sites for hydroxylation is 1. The number of anilines is 1. The van der Waals surface area contributed by atoms with Gasteiger partial charge in [0.2, 0.25) is 0 Å². The Labute approximate surface area is 195 Å². The van der Waals surface area contributed by atoms with E-state index in [1.54, 1.807) is 18.2 Å². The number of phenols is 1. The number of hydrogen-bond acceptors (Lipinski definition) is 5. The average Bonchev–Trinajstić information content (AvgIpc) is 3.23. The van der Waals surface area contributed by atoms with Gasteiger partial charge in [-0.15, -0.1) is 0 Å². The summed E-state index contributed by atoms with van der Waals surface area (Å²) >= 11 is 6.01. The van der Waals surface area contributed by atoms with Gasteiger partial charge in [-0.05, 0) is 83.5 Å². The third kappa shape index (κ3) is 3.94. The van der Waals surface area contributed by atoms with E-state index < -0.39 is 32.5 Å². The number of benzene rings is 3. The van der Waals surface area contributed by atoms with Gasteiger partial charge in [0, 0.05) is 12.1 Å². The zero-order chi connectivity index (χ0) is 23.3. The molecule has 0 amide bonds. The second-order valence-electron chi connectivity index (χ2n) is 8.11. The van der Waals surface area contributed by atoms with Crippen molar-refractivity contribution in [2.45, 2.75) is 30.6 Å². The summed E-state index contributed by atoms with van der Waals surface area (Å²) in [5.74, 6) is -1.87. The van der Waals surface area contributed by atoms with E-state index in [-0.39, 0.29) is 23.6 Å². The zero-order valence-electron chi connectivity index (χ0n) is 17.3. The van der Waals surface area contributed by atoms with Crippen molar-refractivity contribution >= 4 is 33.3 Å². The van der Waals surface area contributed by atoms with Crippen molar-refractivity contribution in [3.63, 3.8) is 0 Å². The van der Waals surface area contributed by atoms with E-state index in [4.69, 9.17) is 16.3 Å². The molecule has 0 radical (unpaired) electrons. The van der Waals surface area contributed by atoms with Crippen molar-refractivity contribution in [2.24, 2.45) is 0 Å². The molecule has 1 heterocycles. The first-order valence-corrected chi connectivity index (χ1v) is 12.3. The molecule has 0 saturated heterocycles. The molecule has 33 heavy (non-hydrogen) atoms. The van der Waals surface area contributed by atoms with E-state index in [2.05, 4.69) is 4.72 Å². The van der Waals surface area contributed by atoms with E-state index in [0.29, 0.717) is 11.3 Å². The van der Waals surface area contributed by atoms with E-state index in [1.165, 1.54) is 12.1 Å². The highest BCUT2D eigenvalue weighted by Gasteiger charge is 2.27. The number of sulfonamides is 1. The molecule has 2 aliphatic rings. The van der Waals surface area contributed by atoms with Gasteiger partial charge in [0.1, 0.15) is 10.7 Å². The molecule has 1 aliphatic carbocycles. The summed E-state index contributed by atoms with van der Waals surface area (Å²) in [6.45, 7) is -0.0456. The lowest BCUT2D eigenvalue weighted by atomic mass is 9.91. The SMILES string of the molecule is O=C1OCCc2cc(F)ccc2-c2cc(cc3c2CCC3)NS(=O)(=O)c2cc1cc(Cl)c2O. The number of fused-ring (bicyclic) bond motifs is 8. The van der Waals surface area contributed by atoms with Gasteiger partial charge < -0.3 is 9.84 Å². The fourth-order valence-corrected chi connectivity index (χ4v) is 5.94. The molecule has 3 aromatic carbocycles. The lowest BCUT2D eigenvalue weighted by molar-refractivity contribution is 0.0509. The standard InChI is InChI=1S/C24H19ClFNO5S/c25-21-10-15-11-22(23(21)28)33(30,31)27-17-9-13-2-1-3-18(13)20(12-17)19-5-4-16(26)8-14(19)6-7-32-24(15)29/h4-5,8-12,27-28H,1-3,6-7H2. The maximum absolute atomic E-state index is 14.1.